The molecule has 0 rings (SSSR count). The topological polar surface area (TPSA) is 26.3 Å². The van der Waals surface area contributed by atoms with E-state index in [2.05, 4.69) is 20.7 Å². The molecule has 0 aromatic rings. The zero-order chi connectivity index (χ0) is 7.28. The molecule has 2 nitrogen and oxygen atoms in total. The number of rotatable bonds is 2. The van der Waals surface area contributed by atoms with Crippen LogP contribution >= 0.6 is 15.9 Å². The minimum Gasteiger partial charge on any atom is -0.463 e. The molecule has 0 spiro atoms. The van der Waals surface area contributed by atoms with Crippen LogP contribution in [0.5, 0.6) is 0 Å². The summed E-state index contributed by atoms with van der Waals surface area (Å²) in [7, 11) is 0. The van der Waals surface area contributed by atoms with Crippen molar-refractivity contribution in [2.75, 3.05) is 6.61 Å². The van der Waals surface area contributed by atoms with Gasteiger partial charge in [0.2, 0.25) is 0 Å². The van der Waals surface area contributed by atoms with E-state index >= 15 is 0 Å². The van der Waals surface area contributed by atoms with Gasteiger partial charge in [-0.05, 0) is 22.9 Å². The maximum Gasteiger partial charge on any atom is 0.334 e. The lowest BCUT2D eigenvalue weighted by Crippen LogP contribution is -1.98. The van der Waals surface area contributed by atoms with Crippen LogP contribution in [0.2, 0.25) is 0 Å². The summed E-state index contributed by atoms with van der Waals surface area (Å²) in [5.41, 5.74) is 0. The Kier molecular flexibility index (Phi) is 4.30. The van der Waals surface area contributed by atoms with Crippen LogP contribution in [0.4, 0.5) is 4.39 Å². The molecule has 0 aliphatic rings. The minimum absolute atomic E-state index is 0.260. The number of carbonyl (C=O) groups is 1. The second kappa shape index (κ2) is 4.49. The van der Waals surface area contributed by atoms with Gasteiger partial charge in [0.15, 0.2) is 4.74 Å². The van der Waals surface area contributed by atoms with Crippen molar-refractivity contribution in [2.45, 2.75) is 6.92 Å². The third-order valence-electron chi connectivity index (χ3n) is 0.514. The van der Waals surface area contributed by atoms with Gasteiger partial charge in [0.05, 0.1) is 12.7 Å². The van der Waals surface area contributed by atoms with Crippen LogP contribution in [0.3, 0.4) is 0 Å². The van der Waals surface area contributed by atoms with Crippen molar-refractivity contribution in [3.05, 3.63) is 10.8 Å². The Balaban J connectivity index is 3.63. The number of hydrogen-bond acceptors (Lipinski definition) is 2. The third kappa shape index (κ3) is 5.49. The quantitative estimate of drug-likeness (QED) is 0.497. The lowest BCUT2D eigenvalue weighted by Gasteiger charge is -1.92. The third-order valence-corrected chi connectivity index (χ3v) is 0.742. The zero-order valence-corrected chi connectivity index (χ0v) is 6.44. The summed E-state index contributed by atoms with van der Waals surface area (Å²) >= 11 is 2.44. The van der Waals surface area contributed by atoms with Gasteiger partial charge in [-0.1, -0.05) is 0 Å². The first kappa shape index (κ1) is 8.62. The first-order valence-corrected chi connectivity index (χ1v) is 3.15. The summed E-state index contributed by atoms with van der Waals surface area (Å²) in [4.78, 5) is 10.3. The van der Waals surface area contributed by atoms with Crippen molar-refractivity contribution < 1.29 is 13.9 Å². The van der Waals surface area contributed by atoms with Gasteiger partial charge in [-0.3, -0.25) is 0 Å². The Hall–Kier alpha value is -0.380. The van der Waals surface area contributed by atoms with E-state index in [-0.39, 0.29) is 6.61 Å². The monoisotopic (exact) mass is 196 g/mol. The number of hydrogen-bond donors (Lipinski definition) is 0. The van der Waals surface area contributed by atoms with E-state index in [0.717, 1.165) is 6.08 Å². The van der Waals surface area contributed by atoms with Crippen LogP contribution in [-0.2, 0) is 9.53 Å². The Bertz CT molecular complexity index is 129. The lowest BCUT2D eigenvalue weighted by molar-refractivity contribution is -0.137. The van der Waals surface area contributed by atoms with E-state index in [1.807, 2.05) is 0 Å². The number of halogens is 2. The van der Waals surface area contributed by atoms with Crippen molar-refractivity contribution in [2.24, 2.45) is 0 Å². The molecule has 4 heteroatoms. The Morgan fingerprint density at radius 1 is 1.89 bits per heavy atom. The standard InChI is InChI=1S/C5H6BrFO2/c1-2-9-5(8)3-4(6)7/h3H,2H2,1H3/b4-3+. The fourth-order valence-electron chi connectivity index (χ4n) is 0.273. The molecule has 0 bridgehead atoms. The second-order valence-corrected chi connectivity index (χ2v) is 1.94. The van der Waals surface area contributed by atoms with Gasteiger partial charge < -0.3 is 4.74 Å². The van der Waals surface area contributed by atoms with Crippen molar-refractivity contribution in [1.29, 1.82) is 0 Å². The van der Waals surface area contributed by atoms with Gasteiger partial charge in [-0.2, -0.15) is 4.39 Å². The maximum absolute atomic E-state index is 11.8. The normalized spacial score (nSPS) is 11.2. The van der Waals surface area contributed by atoms with Gasteiger partial charge in [0.25, 0.3) is 0 Å². The van der Waals surface area contributed by atoms with Gasteiger partial charge in [0.1, 0.15) is 0 Å². The molecule has 0 atom stereocenters. The van der Waals surface area contributed by atoms with Gasteiger partial charge in [-0.15, -0.1) is 0 Å². The number of ether oxygens (including phenoxy) is 1. The maximum atomic E-state index is 11.8. The van der Waals surface area contributed by atoms with E-state index in [9.17, 15) is 9.18 Å². The first-order chi connectivity index (χ1) is 4.16. The van der Waals surface area contributed by atoms with Crippen molar-refractivity contribution in [1.82, 2.24) is 0 Å². The highest BCUT2D eigenvalue weighted by Crippen LogP contribution is 2.04. The summed E-state index contributed by atoms with van der Waals surface area (Å²) in [5.74, 6) is -0.674. The molecular formula is C5H6BrFO2. The molecule has 0 aromatic heterocycles. The van der Waals surface area contributed by atoms with E-state index in [1.54, 1.807) is 6.92 Å². The molecule has 52 valence electrons. The summed E-state index contributed by atoms with van der Waals surface area (Å²) in [6.45, 7) is 1.91. The molecular weight excluding hydrogens is 191 g/mol. The largest absolute Gasteiger partial charge is 0.463 e. The van der Waals surface area contributed by atoms with Crippen LogP contribution in [0.25, 0.3) is 0 Å². The summed E-state index contributed by atoms with van der Waals surface area (Å²) < 4.78 is 15.4. The Labute approximate surface area is 60.8 Å². The lowest BCUT2D eigenvalue weighted by atomic mass is 10.6. The molecule has 0 aromatic carbocycles. The minimum atomic E-state index is -0.721. The Morgan fingerprint density at radius 3 is 2.78 bits per heavy atom. The second-order valence-electron chi connectivity index (χ2n) is 1.19. The average molecular weight is 197 g/mol. The molecule has 0 aliphatic heterocycles. The van der Waals surface area contributed by atoms with Crippen LogP contribution in [0.15, 0.2) is 10.8 Å². The molecule has 0 aliphatic carbocycles. The van der Waals surface area contributed by atoms with Crippen LogP contribution in [-0.4, -0.2) is 12.6 Å². The van der Waals surface area contributed by atoms with E-state index in [0.29, 0.717) is 0 Å². The molecule has 0 saturated carbocycles. The molecule has 0 heterocycles. The van der Waals surface area contributed by atoms with E-state index < -0.39 is 10.7 Å². The molecule has 0 saturated heterocycles. The van der Waals surface area contributed by atoms with E-state index in [4.69, 9.17) is 0 Å². The zero-order valence-electron chi connectivity index (χ0n) is 4.86. The molecule has 0 N–H and O–H groups in total. The highest BCUT2D eigenvalue weighted by atomic mass is 79.9. The first-order valence-electron chi connectivity index (χ1n) is 2.36. The molecule has 0 amide bonds. The van der Waals surface area contributed by atoms with Crippen LogP contribution in [0, 0.1) is 0 Å². The SMILES string of the molecule is CCOC(=O)/C=C(/F)Br. The fourth-order valence-corrected chi connectivity index (χ4v) is 0.460. The van der Waals surface area contributed by atoms with Crippen molar-refractivity contribution >= 4 is 21.9 Å². The van der Waals surface area contributed by atoms with Crippen molar-refractivity contribution in [3.63, 3.8) is 0 Å². The Morgan fingerprint density at radius 2 is 2.44 bits per heavy atom. The van der Waals surface area contributed by atoms with E-state index in [1.165, 1.54) is 0 Å². The highest BCUT2D eigenvalue weighted by Gasteiger charge is 1.95. The van der Waals surface area contributed by atoms with Gasteiger partial charge >= 0.3 is 5.97 Å². The highest BCUT2D eigenvalue weighted by molar-refractivity contribution is 9.11. The predicted octanol–water partition coefficient (Wildman–Crippen LogP) is 1.76. The number of esters is 1. The molecule has 0 unspecified atom stereocenters. The predicted molar refractivity (Wildman–Crippen MR) is 34.8 cm³/mol. The fraction of sp³-hybridized carbons (Fsp3) is 0.400. The molecule has 9 heavy (non-hydrogen) atoms. The van der Waals surface area contributed by atoms with Crippen LogP contribution < -0.4 is 0 Å². The smallest absolute Gasteiger partial charge is 0.334 e. The molecule has 0 fully saturated rings. The number of carbonyl (C=O) groups excluding carboxylic acids is 1. The van der Waals surface area contributed by atoms with Gasteiger partial charge in [0, 0.05) is 0 Å². The van der Waals surface area contributed by atoms with Gasteiger partial charge in [-0.25, -0.2) is 4.79 Å². The average Bonchev–Trinajstić information content (AvgIpc) is 1.63. The summed E-state index contributed by atoms with van der Waals surface area (Å²) in [6, 6.07) is 0. The van der Waals surface area contributed by atoms with Crippen molar-refractivity contribution in [3.8, 4) is 0 Å². The van der Waals surface area contributed by atoms with Crippen LogP contribution in [0.1, 0.15) is 6.92 Å². The summed E-state index contributed by atoms with van der Waals surface area (Å²) in [5, 5.41) is 0. The molecule has 0 radical (unpaired) electrons. The summed E-state index contributed by atoms with van der Waals surface area (Å²) in [6.07, 6.45) is 0.726.